The van der Waals surface area contributed by atoms with Crippen molar-refractivity contribution in [2.24, 2.45) is 5.92 Å². The molecule has 3 aromatic heterocycles. The van der Waals surface area contributed by atoms with Crippen LogP contribution in [-0.4, -0.2) is 26.4 Å². The van der Waals surface area contributed by atoms with E-state index < -0.39 is 0 Å². The van der Waals surface area contributed by atoms with E-state index in [0.717, 1.165) is 51.6 Å². The molecule has 4 heterocycles. The molecule has 0 fully saturated rings. The molecule has 0 amide bonds. The maximum Gasteiger partial charge on any atom is 0.231 e. The van der Waals surface area contributed by atoms with Crippen molar-refractivity contribution in [3.05, 3.63) is 40.5 Å². The highest BCUT2D eigenvalue weighted by molar-refractivity contribution is 7.98. The van der Waals surface area contributed by atoms with Gasteiger partial charge < -0.3 is 9.47 Å². The normalized spacial score (nSPS) is 18.1. The zero-order chi connectivity index (χ0) is 18.7. The molecule has 142 valence electrons. The van der Waals surface area contributed by atoms with Crippen LogP contribution < -0.4 is 9.47 Å². The van der Waals surface area contributed by atoms with Crippen LogP contribution in [0.4, 0.5) is 0 Å². The summed E-state index contributed by atoms with van der Waals surface area (Å²) in [4.78, 5) is 7.29. The number of nitrogens with zero attached hydrogens (tertiary/aromatic N) is 4. The van der Waals surface area contributed by atoms with Gasteiger partial charge in [-0.3, -0.25) is 4.40 Å². The number of rotatable bonds is 3. The predicted octanol–water partition coefficient (Wildman–Crippen LogP) is 4.48. The van der Waals surface area contributed by atoms with Crippen molar-refractivity contribution in [1.82, 2.24) is 19.6 Å². The van der Waals surface area contributed by atoms with E-state index in [0.29, 0.717) is 6.79 Å². The summed E-state index contributed by atoms with van der Waals surface area (Å²) in [5.74, 6) is 3.16. The van der Waals surface area contributed by atoms with Gasteiger partial charge in [-0.1, -0.05) is 24.8 Å². The lowest BCUT2D eigenvalue weighted by Gasteiger charge is -2.17. The Labute approximate surface area is 169 Å². The molecule has 1 aliphatic heterocycles. The van der Waals surface area contributed by atoms with Gasteiger partial charge >= 0.3 is 0 Å². The summed E-state index contributed by atoms with van der Waals surface area (Å²) >= 11 is 3.48. The van der Waals surface area contributed by atoms with E-state index in [4.69, 9.17) is 14.5 Å². The maximum absolute atomic E-state index is 5.47. The van der Waals surface area contributed by atoms with E-state index in [1.807, 2.05) is 34.2 Å². The second kappa shape index (κ2) is 6.35. The second-order valence-corrected chi connectivity index (χ2v) is 9.46. The molecule has 1 aromatic carbocycles. The van der Waals surface area contributed by atoms with Crippen LogP contribution in [0.15, 0.2) is 29.7 Å². The molecule has 6 nitrogen and oxygen atoms in total. The van der Waals surface area contributed by atoms with E-state index in [2.05, 4.69) is 23.2 Å². The van der Waals surface area contributed by atoms with Gasteiger partial charge in [0.2, 0.25) is 6.79 Å². The van der Waals surface area contributed by atoms with E-state index in [1.54, 1.807) is 11.8 Å². The van der Waals surface area contributed by atoms with Gasteiger partial charge in [0.05, 0.1) is 5.39 Å². The molecule has 0 N–H and O–H groups in total. The first-order valence-electron chi connectivity index (χ1n) is 9.41. The van der Waals surface area contributed by atoms with Crippen LogP contribution >= 0.6 is 23.1 Å². The van der Waals surface area contributed by atoms with Crippen molar-refractivity contribution < 1.29 is 9.47 Å². The summed E-state index contributed by atoms with van der Waals surface area (Å²) in [6.07, 6.45) is 5.37. The highest BCUT2D eigenvalue weighted by atomic mass is 32.2. The van der Waals surface area contributed by atoms with Crippen LogP contribution in [0.5, 0.6) is 11.5 Å². The van der Waals surface area contributed by atoms with Crippen LogP contribution in [0.3, 0.4) is 0 Å². The molecule has 0 saturated heterocycles. The summed E-state index contributed by atoms with van der Waals surface area (Å²) in [5.41, 5.74) is 3.54. The van der Waals surface area contributed by atoms with Gasteiger partial charge in [0.15, 0.2) is 22.3 Å². The highest BCUT2D eigenvalue weighted by Gasteiger charge is 2.24. The lowest BCUT2D eigenvalue weighted by Crippen LogP contribution is -2.08. The van der Waals surface area contributed by atoms with Crippen molar-refractivity contribution in [2.45, 2.75) is 37.1 Å². The summed E-state index contributed by atoms with van der Waals surface area (Å²) in [6.45, 7) is 2.63. The average Bonchev–Trinajstić information content (AvgIpc) is 3.41. The molecule has 8 heteroatoms. The summed E-state index contributed by atoms with van der Waals surface area (Å²) in [5, 5.41) is 11.1. The van der Waals surface area contributed by atoms with Crippen molar-refractivity contribution in [1.29, 1.82) is 0 Å². The van der Waals surface area contributed by atoms with Crippen LogP contribution in [0.2, 0.25) is 0 Å². The van der Waals surface area contributed by atoms with Gasteiger partial charge in [0, 0.05) is 10.6 Å². The van der Waals surface area contributed by atoms with Gasteiger partial charge in [0.1, 0.15) is 11.2 Å². The number of aryl methyl sites for hydroxylation is 1. The van der Waals surface area contributed by atoms with E-state index >= 15 is 0 Å². The Morgan fingerprint density at radius 1 is 1.25 bits per heavy atom. The molecule has 0 radical (unpaired) electrons. The topological polar surface area (TPSA) is 61.5 Å². The number of fused-ring (bicyclic) bond motifs is 6. The molecule has 0 saturated carbocycles. The summed E-state index contributed by atoms with van der Waals surface area (Å²) in [7, 11) is 0. The van der Waals surface area contributed by atoms with Crippen molar-refractivity contribution >= 4 is 39.0 Å². The molecular weight excluding hydrogens is 392 g/mol. The first-order chi connectivity index (χ1) is 13.8. The molecule has 4 aromatic rings. The Balaban J connectivity index is 1.34. The zero-order valence-corrected chi connectivity index (χ0v) is 17.0. The van der Waals surface area contributed by atoms with Crippen molar-refractivity contribution in [3.8, 4) is 11.5 Å². The molecule has 2 aliphatic rings. The number of ether oxygens (including phenoxy) is 2. The smallest absolute Gasteiger partial charge is 0.231 e. The first-order valence-corrected chi connectivity index (χ1v) is 11.2. The van der Waals surface area contributed by atoms with Gasteiger partial charge in [-0.2, -0.15) is 0 Å². The Kier molecular flexibility index (Phi) is 3.77. The number of hydrogen-bond acceptors (Lipinski definition) is 7. The fourth-order valence-corrected chi connectivity index (χ4v) is 6.19. The average molecular weight is 411 g/mol. The van der Waals surface area contributed by atoms with E-state index in [1.165, 1.54) is 27.8 Å². The number of thioether (sulfide) groups is 1. The Morgan fingerprint density at radius 2 is 2.18 bits per heavy atom. The summed E-state index contributed by atoms with van der Waals surface area (Å²) < 4.78 is 12.9. The zero-order valence-electron chi connectivity index (χ0n) is 15.3. The monoisotopic (exact) mass is 410 g/mol. The minimum atomic E-state index is 0.298. The molecule has 1 unspecified atom stereocenters. The number of thiophene rings is 1. The largest absolute Gasteiger partial charge is 0.454 e. The fourth-order valence-electron chi connectivity index (χ4n) is 4.00. The predicted molar refractivity (Wildman–Crippen MR) is 109 cm³/mol. The van der Waals surface area contributed by atoms with Crippen LogP contribution in [0.25, 0.3) is 15.9 Å². The van der Waals surface area contributed by atoms with Crippen LogP contribution in [0.1, 0.15) is 29.3 Å². The molecule has 28 heavy (non-hydrogen) atoms. The van der Waals surface area contributed by atoms with Gasteiger partial charge in [-0.15, -0.1) is 21.5 Å². The molecule has 1 atom stereocenters. The number of benzene rings is 1. The molecule has 1 aliphatic carbocycles. The first kappa shape index (κ1) is 16.6. The third-order valence-corrected chi connectivity index (χ3v) is 7.65. The Bertz CT molecular complexity index is 1220. The molecule has 6 rings (SSSR count). The van der Waals surface area contributed by atoms with Crippen molar-refractivity contribution in [2.75, 3.05) is 6.79 Å². The third kappa shape index (κ3) is 2.58. The molecule has 0 bridgehead atoms. The van der Waals surface area contributed by atoms with Crippen LogP contribution in [-0.2, 0) is 18.6 Å². The van der Waals surface area contributed by atoms with Gasteiger partial charge in [-0.05, 0) is 48.4 Å². The lowest BCUT2D eigenvalue weighted by molar-refractivity contribution is 0.174. The lowest BCUT2D eigenvalue weighted by atomic mass is 9.89. The summed E-state index contributed by atoms with van der Waals surface area (Å²) in [6, 6.07) is 6.06. The highest BCUT2D eigenvalue weighted by Crippen LogP contribution is 2.39. The van der Waals surface area contributed by atoms with Crippen LogP contribution in [0, 0.1) is 5.92 Å². The quantitative estimate of drug-likeness (QED) is 0.464. The van der Waals surface area contributed by atoms with Crippen molar-refractivity contribution in [3.63, 3.8) is 0 Å². The second-order valence-electron chi connectivity index (χ2n) is 7.43. The van der Waals surface area contributed by atoms with Gasteiger partial charge in [0.25, 0.3) is 0 Å². The minimum Gasteiger partial charge on any atom is -0.454 e. The third-order valence-electron chi connectivity index (χ3n) is 5.48. The molecular formula is C20H18N4O2S2. The maximum atomic E-state index is 5.47. The SMILES string of the molecule is CC1CCc2c(sc3ncn4c(SCc5ccc6c(c5)OCO6)nnc4c23)C1. The number of aromatic nitrogens is 4. The standard InChI is InChI=1S/C20H18N4O2S2/c1-11-2-4-13-16(6-11)28-19-17(13)18-22-23-20(24(18)9-21-19)27-8-12-3-5-14-15(7-12)26-10-25-14/h3,5,7,9,11H,2,4,6,8,10H2,1H3. The van der Waals surface area contributed by atoms with Gasteiger partial charge in [-0.25, -0.2) is 4.98 Å². The minimum absolute atomic E-state index is 0.298. The Hall–Kier alpha value is -2.32. The van der Waals surface area contributed by atoms with E-state index in [9.17, 15) is 0 Å². The Morgan fingerprint density at radius 3 is 3.14 bits per heavy atom. The van der Waals surface area contributed by atoms with E-state index in [-0.39, 0.29) is 0 Å². The molecule has 0 spiro atoms. The fraction of sp³-hybridized carbons (Fsp3) is 0.350. The number of hydrogen-bond donors (Lipinski definition) is 0.